The van der Waals surface area contributed by atoms with E-state index in [9.17, 15) is 0 Å². The van der Waals surface area contributed by atoms with Crippen LogP contribution in [0.25, 0.3) is 0 Å². The summed E-state index contributed by atoms with van der Waals surface area (Å²) in [6, 6.07) is 8.02. The van der Waals surface area contributed by atoms with E-state index in [-0.39, 0.29) is 0 Å². The number of rotatable bonds is 9. The molecule has 0 saturated heterocycles. The van der Waals surface area contributed by atoms with Gasteiger partial charge in [0.05, 0.1) is 25.3 Å². The van der Waals surface area contributed by atoms with Crippen LogP contribution in [0.3, 0.4) is 0 Å². The predicted octanol–water partition coefficient (Wildman–Crippen LogP) is 2.64. The van der Waals surface area contributed by atoms with Crippen LogP contribution in [0.1, 0.15) is 19.0 Å². The van der Waals surface area contributed by atoms with E-state index < -0.39 is 0 Å². The molecule has 0 aliphatic rings. The lowest BCUT2D eigenvalue weighted by Gasteiger charge is -2.09. The van der Waals surface area contributed by atoms with E-state index in [0.29, 0.717) is 6.61 Å². The summed E-state index contributed by atoms with van der Waals surface area (Å²) in [6.45, 7) is 7.43. The number of imidazole rings is 1. The number of nitrogens with zero attached hydrogens (tertiary/aromatic N) is 2. The molecule has 0 aliphatic heterocycles. The van der Waals surface area contributed by atoms with Gasteiger partial charge in [0.15, 0.2) is 0 Å². The van der Waals surface area contributed by atoms with Crippen LogP contribution in [-0.2, 0) is 6.54 Å². The Balaban J connectivity index is 1.57. The molecular formula is C16H24N4O. The standard InChI is InChI=1S/C16H24N4O/c1-3-21-16-7-5-15(6-8-16)18-12-17-9-4-10-20-11-14(2)19-13-20/h5-8,11,13,17-18H,3-4,9-10,12H2,1-2H3. The third-order valence-corrected chi connectivity index (χ3v) is 3.12. The molecular weight excluding hydrogens is 264 g/mol. The van der Waals surface area contributed by atoms with Crippen LogP contribution in [0.4, 0.5) is 5.69 Å². The zero-order chi connectivity index (χ0) is 14.9. The Morgan fingerprint density at radius 3 is 2.71 bits per heavy atom. The zero-order valence-corrected chi connectivity index (χ0v) is 12.8. The lowest BCUT2D eigenvalue weighted by molar-refractivity contribution is 0.340. The van der Waals surface area contributed by atoms with Crippen molar-refractivity contribution >= 4 is 5.69 Å². The van der Waals surface area contributed by atoms with Crippen molar-refractivity contribution in [3.63, 3.8) is 0 Å². The Labute approximate surface area is 126 Å². The Kier molecular flexibility index (Phi) is 6.09. The van der Waals surface area contributed by atoms with Crippen molar-refractivity contribution < 1.29 is 4.74 Å². The van der Waals surface area contributed by atoms with Gasteiger partial charge in [-0.1, -0.05) is 0 Å². The normalized spacial score (nSPS) is 10.6. The monoisotopic (exact) mass is 288 g/mol. The molecule has 21 heavy (non-hydrogen) atoms. The summed E-state index contributed by atoms with van der Waals surface area (Å²) >= 11 is 0. The second-order valence-corrected chi connectivity index (χ2v) is 4.92. The summed E-state index contributed by atoms with van der Waals surface area (Å²) in [4.78, 5) is 4.21. The molecule has 0 unspecified atom stereocenters. The van der Waals surface area contributed by atoms with Crippen molar-refractivity contribution in [1.82, 2.24) is 14.9 Å². The fourth-order valence-electron chi connectivity index (χ4n) is 2.07. The Morgan fingerprint density at radius 1 is 1.24 bits per heavy atom. The maximum absolute atomic E-state index is 5.41. The van der Waals surface area contributed by atoms with Crippen molar-refractivity contribution in [2.24, 2.45) is 0 Å². The van der Waals surface area contributed by atoms with E-state index in [4.69, 9.17) is 4.74 Å². The number of benzene rings is 1. The number of aryl methyl sites for hydroxylation is 2. The highest BCUT2D eigenvalue weighted by Gasteiger charge is 1.95. The minimum Gasteiger partial charge on any atom is -0.494 e. The van der Waals surface area contributed by atoms with Crippen molar-refractivity contribution in [3.05, 3.63) is 42.5 Å². The molecule has 5 nitrogen and oxygen atoms in total. The summed E-state index contributed by atoms with van der Waals surface area (Å²) in [5, 5.41) is 6.71. The highest BCUT2D eigenvalue weighted by molar-refractivity contribution is 5.46. The SMILES string of the molecule is CCOc1ccc(NCNCCCn2cnc(C)c2)cc1. The topological polar surface area (TPSA) is 51.1 Å². The van der Waals surface area contributed by atoms with Gasteiger partial charge in [0, 0.05) is 18.4 Å². The fraction of sp³-hybridized carbons (Fsp3) is 0.438. The molecule has 0 radical (unpaired) electrons. The predicted molar refractivity (Wildman–Crippen MR) is 85.7 cm³/mol. The molecule has 2 rings (SSSR count). The molecule has 0 saturated carbocycles. The number of nitrogens with one attached hydrogen (secondary N) is 2. The molecule has 0 atom stereocenters. The van der Waals surface area contributed by atoms with Crippen LogP contribution in [0.5, 0.6) is 5.75 Å². The van der Waals surface area contributed by atoms with Crippen molar-refractivity contribution in [3.8, 4) is 5.75 Å². The first-order valence-corrected chi connectivity index (χ1v) is 7.44. The number of anilines is 1. The summed E-state index contributed by atoms with van der Waals surface area (Å²) < 4.78 is 7.53. The zero-order valence-electron chi connectivity index (χ0n) is 12.8. The number of hydrogen-bond acceptors (Lipinski definition) is 4. The summed E-state index contributed by atoms with van der Waals surface area (Å²) in [6.07, 6.45) is 5.03. The highest BCUT2D eigenvalue weighted by atomic mass is 16.5. The van der Waals surface area contributed by atoms with Crippen LogP contribution in [0, 0.1) is 6.92 Å². The van der Waals surface area contributed by atoms with Gasteiger partial charge in [-0.15, -0.1) is 0 Å². The molecule has 114 valence electrons. The number of aromatic nitrogens is 2. The third kappa shape index (κ3) is 5.47. The van der Waals surface area contributed by atoms with Crippen LogP contribution in [0.15, 0.2) is 36.8 Å². The van der Waals surface area contributed by atoms with Crippen molar-refractivity contribution in [2.75, 3.05) is 25.1 Å². The lowest BCUT2D eigenvalue weighted by Crippen LogP contribution is -2.23. The molecule has 0 aliphatic carbocycles. The average Bonchev–Trinajstić information content (AvgIpc) is 2.90. The van der Waals surface area contributed by atoms with Gasteiger partial charge in [-0.25, -0.2) is 4.98 Å². The quantitative estimate of drug-likeness (QED) is 0.550. The van der Waals surface area contributed by atoms with Gasteiger partial charge < -0.3 is 19.9 Å². The van der Waals surface area contributed by atoms with E-state index in [0.717, 1.165) is 43.3 Å². The summed E-state index contributed by atoms with van der Waals surface area (Å²) in [5.74, 6) is 0.909. The van der Waals surface area contributed by atoms with Gasteiger partial charge in [0.1, 0.15) is 5.75 Å². The van der Waals surface area contributed by atoms with Gasteiger partial charge in [0.25, 0.3) is 0 Å². The van der Waals surface area contributed by atoms with Gasteiger partial charge in [0.2, 0.25) is 0 Å². The first kappa shape index (κ1) is 15.4. The van der Waals surface area contributed by atoms with Gasteiger partial charge in [-0.05, 0) is 51.1 Å². The Morgan fingerprint density at radius 2 is 2.05 bits per heavy atom. The van der Waals surface area contributed by atoms with E-state index >= 15 is 0 Å². The Hall–Kier alpha value is -2.01. The van der Waals surface area contributed by atoms with Crippen LogP contribution in [-0.4, -0.2) is 29.4 Å². The molecule has 2 N–H and O–H groups in total. The number of hydrogen-bond donors (Lipinski definition) is 2. The van der Waals surface area contributed by atoms with Crippen LogP contribution < -0.4 is 15.4 Å². The average molecular weight is 288 g/mol. The first-order valence-electron chi connectivity index (χ1n) is 7.44. The van der Waals surface area contributed by atoms with Gasteiger partial charge in [-0.3, -0.25) is 0 Å². The van der Waals surface area contributed by atoms with Gasteiger partial charge >= 0.3 is 0 Å². The van der Waals surface area contributed by atoms with Crippen molar-refractivity contribution in [2.45, 2.75) is 26.8 Å². The smallest absolute Gasteiger partial charge is 0.119 e. The van der Waals surface area contributed by atoms with E-state index in [2.05, 4.69) is 26.4 Å². The summed E-state index contributed by atoms with van der Waals surface area (Å²) in [7, 11) is 0. The summed E-state index contributed by atoms with van der Waals surface area (Å²) in [5.41, 5.74) is 2.16. The largest absolute Gasteiger partial charge is 0.494 e. The molecule has 0 spiro atoms. The minimum absolute atomic E-state index is 0.699. The molecule has 0 amide bonds. The first-order chi connectivity index (χ1) is 10.3. The second kappa shape index (κ2) is 8.32. The Bertz CT molecular complexity index is 521. The van der Waals surface area contributed by atoms with E-state index in [1.165, 1.54) is 0 Å². The van der Waals surface area contributed by atoms with E-state index in [1.807, 2.05) is 44.4 Å². The lowest BCUT2D eigenvalue weighted by atomic mass is 10.3. The molecule has 1 aromatic carbocycles. The molecule has 1 aromatic heterocycles. The number of ether oxygens (including phenoxy) is 1. The maximum Gasteiger partial charge on any atom is 0.119 e. The molecule has 0 fully saturated rings. The van der Waals surface area contributed by atoms with Crippen molar-refractivity contribution in [1.29, 1.82) is 0 Å². The highest BCUT2D eigenvalue weighted by Crippen LogP contribution is 2.14. The second-order valence-electron chi connectivity index (χ2n) is 4.92. The van der Waals surface area contributed by atoms with Crippen LogP contribution >= 0.6 is 0 Å². The molecule has 5 heteroatoms. The molecule has 0 bridgehead atoms. The van der Waals surface area contributed by atoms with E-state index in [1.54, 1.807) is 0 Å². The fourth-order valence-corrected chi connectivity index (χ4v) is 2.07. The third-order valence-electron chi connectivity index (χ3n) is 3.12. The molecule has 2 aromatic rings. The van der Waals surface area contributed by atoms with Gasteiger partial charge in [-0.2, -0.15) is 0 Å². The van der Waals surface area contributed by atoms with Crippen LogP contribution in [0.2, 0.25) is 0 Å². The minimum atomic E-state index is 0.699. The molecule has 1 heterocycles. The maximum atomic E-state index is 5.41.